The van der Waals surface area contributed by atoms with Crippen molar-refractivity contribution in [1.29, 1.82) is 0 Å². The van der Waals surface area contributed by atoms with E-state index in [1.807, 2.05) is 68.1 Å². The fourth-order valence-electron chi connectivity index (χ4n) is 3.37. The van der Waals surface area contributed by atoms with Crippen molar-refractivity contribution in [3.63, 3.8) is 0 Å². The number of rotatable bonds is 17. The minimum absolute atomic E-state index is 0.132. The Kier molecular flexibility index (Phi) is 13.8. The van der Waals surface area contributed by atoms with E-state index in [1.165, 1.54) is 5.56 Å². The monoisotopic (exact) mass is 517 g/mol. The second kappa shape index (κ2) is 16.9. The Morgan fingerprint density at radius 3 is 2.36 bits per heavy atom. The molecule has 1 amide bonds. The largest absolute Gasteiger partial charge is 0.492 e. The van der Waals surface area contributed by atoms with Gasteiger partial charge in [-0.2, -0.15) is 11.8 Å². The molecule has 0 aliphatic rings. The van der Waals surface area contributed by atoms with Gasteiger partial charge in [-0.1, -0.05) is 49.4 Å². The molecular weight excluding hydrogens is 478 g/mol. The standard InChI is InChI=1S/C28H39NO6S/c1-4-22(3)35-28(32)29(16-9-19-36-21-24-10-7-6-8-11-24)17-18-34-25-14-12-23(13-15-25)20-26(27(30)31)33-5-2/h6-8,10-15,22,26H,4-5,9,16-21H2,1-3H3,(H,30,31). The van der Waals surface area contributed by atoms with Crippen molar-refractivity contribution in [2.75, 3.05) is 32.1 Å². The van der Waals surface area contributed by atoms with Gasteiger partial charge in [0, 0.05) is 25.3 Å². The highest BCUT2D eigenvalue weighted by Crippen LogP contribution is 2.16. The van der Waals surface area contributed by atoms with E-state index in [4.69, 9.17) is 14.2 Å². The summed E-state index contributed by atoms with van der Waals surface area (Å²) in [7, 11) is 0. The van der Waals surface area contributed by atoms with Gasteiger partial charge >= 0.3 is 12.1 Å². The van der Waals surface area contributed by atoms with Crippen LogP contribution in [0.1, 0.15) is 44.7 Å². The lowest BCUT2D eigenvalue weighted by Crippen LogP contribution is -2.37. The van der Waals surface area contributed by atoms with E-state index in [9.17, 15) is 14.7 Å². The van der Waals surface area contributed by atoms with Gasteiger partial charge in [0.1, 0.15) is 18.5 Å². The second-order valence-corrected chi connectivity index (χ2v) is 9.57. The zero-order valence-electron chi connectivity index (χ0n) is 21.6. The molecule has 0 bridgehead atoms. The Balaban J connectivity index is 1.81. The molecule has 0 radical (unpaired) electrons. The Bertz CT molecular complexity index is 893. The molecule has 0 aliphatic carbocycles. The number of carbonyl (C=O) groups excluding carboxylic acids is 1. The molecule has 0 aliphatic heterocycles. The Labute approximate surface area is 219 Å². The molecular formula is C28H39NO6S. The number of nitrogens with zero attached hydrogens (tertiary/aromatic N) is 1. The second-order valence-electron chi connectivity index (χ2n) is 8.46. The zero-order chi connectivity index (χ0) is 26.2. The quantitative estimate of drug-likeness (QED) is 0.271. The lowest BCUT2D eigenvalue weighted by molar-refractivity contribution is -0.149. The molecule has 2 rings (SSSR count). The zero-order valence-corrected chi connectivity index (χ0v) is 22.4. The van der Waals surface area contributed by atoms with E-state index in [0.717, 1.165) is 29.9 Å². The summed E-state index contributed by atoms with van der Waals surface area (Å²) in [5.74, 6) is 1.59. The van der Waals surface area contributed by atoms with Crippen molar-refractivity contribution in [1.82, 2.24) is 4.90 Å². The number of carbonyl (C=O) groups is 2. The normalized spacial score (nSPS) is 12.5. The summed E-state index contributed by atoms with van der Waals surface area (Å²) in [5.41, 5.74) is 2.15. The maximum absolute atomic E-state index is 12.7. The van der Waals surface area contributed by atoms with Crippen molar-refractivity contribution < 1.29 is 28.9 Å². The predicted molar refractivity (Wildman–Crippen MR) is 144 cm³/mol. The number of hydrogen-bond acceptors (Lipinski definition) is 6. The maximum Gasteiger partial charge on any atom is 0.410 e. The van der Waals surface area contributed by atoms with E-state index < -0.39 is 12.1 Å². The van der Waals surface area contributed by atoms with Crippen molar-refractivity contribution in [2.24, 2.45) is 0 Å². The van der Waals surface area contributed by atoms with Crippen molar-refractivity contribution in [2.45, 2.75) is 58.0 Å². The molecule has 198 valence electrons. The Morgan fingerprint density at radius 1 is 1.00 bits per heavy atom. The van der Waals surface area contributed by atoms with Crippen LogP contribution in [0, 0.1) is 0 Å². The van der Waals surface area contributed by atoms with Gasteiger partial charge in [0.15, 0.2) is 6.10 Å². The molecule has 7 nitrogen and oxygen atoms in total. The van der Waals surface area contributed by atoms with Crippen LogP contribution in [0.3, 0.4) is 0 Å². The van der Waals surface area contributed by atoms with Gasteiger partial charge in [-0.3, -0.25) is 0 Å². The number of carboxylic acid groups (broad SMARTS) is 1. The summed E-state index contributed by atoms with van der Waals surface area (Å²) in [6, 6.07) is 17.6. The Hall–Kier alpha value is -2.71. The van der Waals surface area contributed by atoms with E-state index in [1.54, 1.807) is 11.8 Å². The van der Waals surface area contributed by atoms with Crippen molar-refractivity contribution in [3.05, 3.63) is 65.7 Å². The number of ether oxygens (including phenoxy) is 3. The third-order valence-corrected chi connectivity index (χ3v) is 6.70. The fourth-order valence-corrected chi connectivity index (χ4v) is 4.28. The first-order chi connectivity index (χ1) is 17.4. The summed E-state index contributed by atoms with van der Waals surface area (Å²) in [4.78, 5) is 25.7. The minimum atomic E-state index is -0.972. The molecule has 8 heteroatoms. The molecule has 2 aromatic rings. The van der Waals surface area contributed by atoms with Gasteiger partial charge in [0.2, 0.25) is 0 Å². The number of amides is 1. The summed E-state index contributed by atoms with van der Waals surface area (Å²) in [6.45, 7) is 7.37. The molecule has 0 heterocycles. The van der Waals surface area contributed by atoms with Crippen LogP contribution in [0.15, 0.2) is 54.6 Å². The molecule has 2 atom stereocenters. The molecule has 0 saturated heterocycles. The molecule has 2 aromatic carbocycles. The highest BCUT2D eigenvalue weighted by Gasteiger charge is 2.19. The lowest BCUT2D eigenvalue weighted by Gasteiger charge is -2.24. The minimum Gasteiger partial charge on any atom is -0.492 e. The molecule has 36 heavy (non-hydrogen) atoms. The predicted octanol–water partition coefficient (Wildman–Crippen LogP) is 5.66. The number of hydrogen-bond donors (Lipinski definition) is 1. The van der Waals surface area contributed by atoms with Crippen molar-refractivity contribution >= 4 is 23.8 Å². The van der Waals surface area contributed by atoms with E-state index >= 15 is 0 Å². The maximum atomic E-state index is 12.7. The smallest absolute Gasteiger partial charge is 0.410 e. The van der Waals surface area contributed by atoms with Gasteiger partial charge in [-0.25, -0.2) is 9.59 Å². The summed E-state index contributed by atoms with van der Waals surface area (Å²) >= 11 is 1.85. The summed E-state index contributed by atoms with van der Waals surface area (Å²) < 4.78 is 16.7. The van der Waals surface area contributed by atoms with Gasteiger partial charge in [0.05, 0.1) is 6.54 Å². The van der Waals surface area contributed by atoms with Gasteiger partial charge in [-0.15, -0.1) is 0 Å². The van der Waals surface area contributed by atoms with Crippen LogP contribution < -0.4 is 4.74 Å². The molecule has 0 fully saturated rings. The molecule has 0 spiro atoms. The summed E-state index contributed by atoms with van der Waals surface area (Å²) in [6.07, 6.45) is 0.617. The van der Waals surface area contributed by atoms with Gasteiger partial charge in [0.25, 0.3) is 0 Å². The highest BCUT2D eigenvalue weighted by molar-refractivity contribution is 7.98. The molecule has 0 aromatic heterocycles. The van der Waals surface area contributed by atoms with Crippen LogP contribution in [0.5, 0.6) is 5.75 Å². The van der Waals surface area contributed by atoms with Crippen LogP contribution in [-0.4, -0.2) is 66.3 Å². The lowest BCUT2D eigenvalue weighted by atomic mass is 10.1. The Morgan fingerprint density at radius 2 is 1.72 bits per heavy atom. The fraction of sp³-hybridized carbons (Fsp3) is 0.500. The first kappa shape index (κ1) is 29.5. The van der Waals surface area contributed by atoms with Crippen LogP contribution in [0.4, 0.5) is 4.79 Å². The first-order valence-corrected chi connectivity index (χ1v) is 13.7. The average Bonchev–Trinajstić information content (AvgIpc) is 2.88. The van der Waals surface area contributed by atoms with E-state index in [2.05, 4.69) is 12.1 Å². The topological polar surface area (TPSA) is 85.3 Å². The molecule has 0 saturated carbocycles. The van der Waals surface area contributed by atoms with E-state index in [-0.39, 0.29) is 12.2 Å². The third-order valence-electron chi connectivity index (χ3n) is 5.58. The van der Waals surface area contributed by atoms with Crippen LogP contribution in [0.25, 0.3) is 0 Å². The van der Waals surface area contributed by atoms with Crippen LogP contribution >= 0.6 is 11.8 Å². The molecule has 2 unspecified atom stereocenters. The number of aliphatic carboxylic acids is 1. The highest BCUT2D eigenvalue weighted by atomic mass is 32.2. The van der Waals surface area contributed by atoms with Crippen LogP contribution in [-0.2, 0) is 26.4 Å². The third kappa shape index (κ3) is 11.4. The SMILES string of the molecule is CCOC(Cc1ccc(OCCN(CCCSCc2ccccc2)C(=O)OC(C)CC)cc1)C(=O)O. The van der Waals surface area contributed by atoms with Crippen molar-refractivity contribution in [3.8, 4) is 5.75 Å². The van der Waals surface area contributed by atoms with E-state index in [0.29, 0.717) is 38.5 Å². The number of benzene rings is 2. The van der Waals surface area contributed by atoms with Gasteiger partial charge in [-0.05, 0) is 55.7 Å². The summed E-state index contributed by atoms with van der Waals surface area (Å²) in [5, 5.41) is 9.25. The number of carboxylic acids is 1. The first-order valence-electron chi connectivity index (χ1n) is 12.6. The van der Waals surface area contributed by atoms with Crippen LogP contribution in [0.2, 0.25) is 0 Å². The number of thioether (sulfide) groups is 1. The molecule has 1 N–H and O–H groups in total. The van der Waals surface area contributed by atoms with Gasteiger partial charge < -0.3 is 24.2 Å². The average molecular weight is 518 g/mol.